The maximum Gasteiger partial charge on any atom is 0.416 e. The summed E-state index contributed by atoms with van der Waals surface area (Å²) in [5.74, 6) is 0. The predicted octanol–water partition coefficient (Wildman–Crippen LogP) is 3.80. The van der Waals surface area contributed by atoms with Gasteiger partial charge in [0, 0.05) is 5.41 Å². The molecule has 0 saturated heterocycles. The van der Waals surface area contributed by atoms with Crippen LogP contribution in [0.3, 0.4) is 0 Å². The zero-order valence-corrected chi connectivity index (χ0v) is 13.4. The molecular weight excluding hydrogens is 317 g/mol. The zero-order chi connectivity index (χ0) is 16.6. The van der Waals surface area contributed by atoms with Crippen LogP contribution in [0.5, 0.6) is 0 Å². The third kappa shape index (κ3) is 4.01. The second-order valence-electron chi connectivity index (χ2n) is 6.04. The minimum atomic E-state index is -4.42. The standard InChI is InChI=1S/C15H19F3O3S/c1-11-7-12(9-13(8-11)15(16,17)18)14(5-3-4-6-14)10-21-22(2,19)20/h7-9H,3-6,10H2,1-2H3. The van der Waals surface area contributed by atoms with E-state index in [0.29, 0.717) is 24.0 Å². The average Bonchev–Trinajstić information content (AvgIpc) is 2.84. The van der Waals surface area contributed by atoms with Crippen molar-refractivity contribution in [2.24, 2.45) is 0 Å². The van der Waals surface area contributed by atoms with Crippen molar-refractivity contribution in [1.29, 1.82) is 0 Å². The molecule has 2 rings (SSSR count). The summed E-state index contributed by atoms with van der Waals surface area (Å²) in [5.41, 5.74) is -0.334. The maximum atomic E-state index is 13.0. The summed E-state index contributed by atoms with van der Waals surface area (Å²) < 4.78 is 66.5. The molecule has 3 nitrogen and oxygen atoms in total. The highest BCUT2D eigenvalue weighted by atomic mass is 32.2. The van der Waals surface area contributed by atoms with E-state index in [2.05, 4.69) is 0 Å². The van der Waals surface area contributed by atoms with E-state index in [4.69, 9.17) is 4.18 Å². The Morgan fingerprint density at radius 1 is 1.18 bits per heavy atom. The number of rotatable bonds is 4. The number of benzene rings is 1. The molecule has 0 atom stereocenters. The highest BCUT2D eigenvalue weighted by molar-refractivity contribution is 7.85. The van der Waals surface area contributed by atoms with E-state index in [9.17, 15) is 21.6 Å². The normalized spacial score (nSPS) is 18.6. The number of alkyl halides is 3. The Kier molecular flexibility index (Phi) is 4.59. The smallest absolute Gasteiger partial charge is 0.269 e. The van der Waals surface area contributed by atoms with Gasteiger partial charge >= 0.3 is 6.18 Å². The van der Waals surface area contributed by atoms with Crippen LogP contribution in [0.4, 0.5) is 13.2 Å². The molecule has 0 spiro atoms. The molecule has 0 aromatic heterocycles. The van der Waals surface area contributed by atoms with Crippen LogP contribution in [0.15, 0.2) is 18.2 Å². The highest BCUT2D eigenvalue weighted by Crippen LogP contribution is 2.43. The molecule has 1 aromatic rings. The van der Waals surface area contributed by atoms with Gasteiger partial charge in [-0.2, -0.15) is 21.6 Å². The molecule has 0 radical (unpaired) electrons. The van der Waals surface area contributed by atoms with Gasteiger partial charge in [0.15, 0.2) is 0 Å². The fourth-order valence-corrected chi connectivity index (χ4v) is 3.48. The van der Waals surface area contributed by atoms with Crippen LogP contribution in [0, 0.1) is 6.92 Å². The summed E-state index contributed by atoms with van der Waals surface area (Å²) in [6, 6.07) is 3.93. The van der Waals surface area contributed by atoms with E-state index in [1.807, 2.05) is 0 Å². The van der Waals surface area contributed by atoms with Gasteiger partial charge in [-0.15, -0.1) is 0 Å². The molecule has 1 aromatic carbocycles. The summed E-state index contributed by atoms with van der Waals surface area (Å²) in [6.07, 6.45) is -0.511. The van der Waals surface area contributed by atoms with Crippen LogP contribution in [0.2, 0.25) is 0 Å². The van der Waals surface area contributed by atoms with Crippen LogP contribution < -0.4 is 0 Å². The van der Waals surface area contributed by atoms with Crippen LogP contribution in [-0.2, 0) is 25.9 Å². The molecule has 1 fully saturated rings. The van der Waals surface area contributed by atoms with Crippen molar-refractivity contribution in [2.75, 3.05) is 12.9 Å². The average molecular weight is 336 g/mol. The summed E-state index contributed by atoms with van der Waals surface area (Å²) in [5, 5.41) is 0. The van der Waals surface area contributed by atoms with Gasteiger partial charge in [-0.3, -0.25) is 4.18 Å². The topological polar surface area (TPSA) is 43.4 Å². The number of aryl methyl sites for hydroxylation is 1. The first-order chi connectivity index (χ1) is 10.0. The van der Waals surface area contributed by atoms with E-state index in [1.165, 1.54) is 0 Å². The Morgan fingerprint density at radius 3 is 2.27 bits per heavy atom. The maximum absolute atomic E-state index is 13.0. The van der Waals surface area contributed by atoms with Gasteiger partial charge < -0.3 is 0 Å². The monoisotopic (exact) mass is 336 g/mol. The van der Waals surface area contributed by atoms with E-state index >= 15 is 0 Å². The Balaban J connectivity index is 2.43. The molecule has 0 N–H and O–H groups in total. The van der Waals surface area contributed by atoms with Gasteiger partial charge in [0.05, 0.1) is 18.4 Å². The summed E-state index contributed by atoms with van der Waals surface area (Å²) in [4.78, 5) is 0. The quantitative estimate of drug-likeness (QED) is 0.786. The minimum Gasteiger partial charge on any atom is -0.269 e. The fraction of sp³-hybridized carbons (Fsp3) is 0.600. The second kappa shape index (κ2) is 5.85. The van der Waals surface area contributed by atoms with Gasteiger partial charge in [0.25, 0.3) is 10.1 Å². The van der Waals surface area contributed by atoms with Crippen molar-refractivity contribution >= 4 is 10.1 Å². The van der Waals surface area contributed by atoms with Crippen molar-refractivity contribution in [3.05, 3.63) is 34.9 Å². The molecule has 0 heterocycles. The SMILES string of the molecule is Cc1cc(C(F)(F)F)cc(C2(COS(C)(=O)=O)CCCC2)c1. The predicted molar refractivity (Wildman–Crippen MR) is 77.1 cm³/mol. The van der Waals surface area contributed by atoms with Crippen molar-refractivity contribution in [2.45, 2.75) is 44.2 Å². The minimum absolute atomic E-state index is 0.105. The Bertz CT molecular complexity index is 644. The Labute approximate surface area is 128 Å². The largest absolute Gasteiger partial charge is 0.416 e. The summed E-state index contributed by atoms with van der Waals surface area (Å²) in [7, 11) is -3.63. The van der Waals surface area contributed by atoms with E-state index < -0.39 is 27.3 Å². The van der Waals surface area contributed by atoms with Gasteiger partial charge in [0.2, 0.25) is 0 Å². The zero-order valence-electron chi connectivity index (χ0n) is 12.5. The molecule has 1 saturated carbocycles. The van der Waals surface area contributed by atoms with Gasteiger partial charge in [-0.05, 0) is 37.5 Å². The first-order valence-corrected chi connectivity index (χ1v) is 8.87. The summed E-state index contributed by atoms with van der Waals surface area (Å²) >= 11 is 0. The molecule has 1 aliphatic carbocycles. The number of hydrogen-bond acceptors (Lipinski definition) is 3. The highest BCUT2D eigenvalue weighted by Gasteiger charge is 2.39. The third-order valence-electron chi connectivity index (χ3n) is 4.13. The van der Waals surface area contributed by atoms with Gasteiger partial charge in [0.1, 0.15) is 0 Å². The van der Waals surface area contributed by atoms with Crippen molar-refractivity contribution < 1.29 is 25.8 Å². The summed E-state index contributed by atoms with van der Waals surface area (Å²) in [6.45, 7) is 1.51. The molecule has 1 aliphatic rings. The van der Waals surface area contributed by atoms with Crippen LogP contribution in [0.1, 0.15) is 42.4 Å². The third-order valence-corrected chi connectivity index (χ3v) is 4.67. The molecular formula is C15H19F3O3S. The fourth-order valence-electron chi connectivity index (χ4n) is 3.04. The first-order valence-electron chi connectivity index (χ1n) is 7.06. The van der Waals surface area contributed by atoms with E-state index in [1.54, 1.807) is 13.0 Å². The van der Waals surface area contributed by atoms with Crippen molar-refractivity contribution in [3.8, 4) is 0 Å². The van der Waals surface area contributed by atoms with Crippen LogP contribution >= 0.6 is 0 Å². The van der Waals surface area contributed by atoms with Gasteiger partial charge in [-0.25, -0.2) is 0 Å². The number of halogens is 3. The molecule has 0 bridgehead atoms. The van der Waals surface area contributed by atoms with E-state index in [-0.39, 0.29) is 6.61 Å². The lowest BCUT2D eigenvalue weighted by Gasteiger charge is -2.30. The van der Waals surface area contributed by atoms with Gasteiger partial charge in [-0.1, -0.05) is 24.5 Å². The lowest BCUT2D eigenvalue weighted by molar-refractivity contribution is -0.137. The molecule has 124 valence electrons. The van der Waals surface area contributed by atoms with Crippen molar-refractivity contribution in [3.63, 3.8) is 0 Å². The molecule has 22 heavy (non-hydrogen) atoms. The van der Waals surface area contributed by atoms with E-state index in [0.717, 1.165) is 31.2 Å². The number of hydrogen-bond donors (Lipinski definition) is 0. The molecule has 0 unspecified atom stereocenters. The molecule has 0 aliphatic heterocycles. The van der Waals surface area contributed by atoms with Crippen LogP contribution in [-0.4, -0.2) is 21.3 Å². The molecule has 0 amide bonds. The lowest BCUT2D eigenvalue weighted by Crippen LogP contribution is -2.30. The Hall–Kier alpha value is -1.08. The van der Waals surface area contributed by atoms with Crippen molar-refractivity contribution in [1.82, 2.24) is 0 Å². The first kappa shape index (κ1) is 17.3. The lowest BCUT2D eigenvalue weighted by atomic mass is 9.78. The van der Waals surface area contributed by atoms with Crippen LogP contribution in [0.25, 0.3) is 0 Å². The Morgan fingerprint density at radius 2 is 1.77 bits per heavy atom. The second-order valence-corrected chi connectivity index (χ2v) is 7.68. The molecule has 7 heteroatoms.